The number of phenolic OH excluding ortho intramolecular Hbond substituents is 1. The summed E-state index contributed by atoms with van der Waals surface area (Å²) in [6.07, 6.45) is 8.79. The quantitative estimate of drug-likeness (QED) is 0.375. The number of aliphatic hydroxyl groups is 1. The van der Waals surface area contributed by atoms with Crippen LogP contribution in [0.15, 0.2) is 42.5 Å². The molecule has 3 N–H and O–H groups in total. The Morgan fingerprint density at radius 1 is 1.12 bits per heavy atom. The van der Waals surface area contributed by atoms with Crippen molar-refractivity contribution in [2.24, 2.45) is 11.8 Å². The van der Waals surface area contributed by atoms with Gasteiger partial charge in [-0.25, -0.2) is 13.1 Å². The van der Waals surface area contributed by atoms with Crippen LogP contribution in [0.1, 0.15) is 66.9 Å². The van der Waals surface area contributed by atoms with Crippen molar-refractivity contribution in [3.05, 3.63) is 64.2 Å². The number of aromatic hydroxyl groups is 1. The Kier molecular flexibility index (Phi) is 7.49. The number of halogens is 1. The molecule has 1 spiro atoms. The Labute approximate surface area is 246 Å². The van der Waals surface area contributed by atoms with Gasteiger partial charge < -0.3 is 19.8 Å². The number of fused-ring (bicyclic) bond motifs is 4. The molecule has 1 fully saturated rings. The molecule has 2 aromatic rings. The average molecular weight is 601 g/mol. The molecule has 4 aliphatic rings. The Hall–Kier alpha value is -2.75. The predicted octanol–water partition coefficient (Wildman–Crippen LogP) is 4.70. The van der Waals surface area contributed by atoms with Crippen molar-refractivity contribution in [2.75, 3.05) is 24.6 Å². The van der Waals surface area contributed by atoms with Crippen LogP contribution in [0.3, 0.4) is 0 Å². The number of allylic oxidation sites excluding steroid dienone is 1. The fourth-order valence-electron chi connectivity index (χ4n) is 6.93. The van der Waals surface area contributed by atoms with Gasteiger partial charge in [-0.15, -0.1) is 0 Å². The van der Waals surface area contributed by atoms with E-state index in [9.17, 15) is 23.4 Å². The van der Waals surface area contributed by atoms with Gasteiger partial charge in [-0.2, -0.15) is 0 Å². The summed E-state index contributed by atoms with van der Waals surface area (Å²) in [4.78, 5) is 15.5. The molecule has 0 radical (unpaired) electrons. The minimum Gasteiger partial charge on any atom is -0.506 e. The van der Waals surface area contributed by atoms with Crippen molar-refractivity contribution in [1.29, 1.82) is 0 Å². The first-order valence-corrected chi connectivity index (χ1v) is 16.4. The second-order valence-electron chi connectivity index (χ2n) is 12.2. The smallest absolute Gasteiger partial charge is 0.264 e. The molecule has 6 rings (SSSR count). The summed E-state index contributed by atoms with van der Waals surface area (Å²) in [6, 6.07) is 8.72. The van der Waals surface area contributed by atoms with Crippen LogP contribution in [-0.2, 0) is 21.9 Å². The summed E-state index contributed by atoms with van der Waals surface area (Å²) >= 11 is 6.29. The van der Waals surface area contributed by atoms with Crippen LogP contribution in [0, 0.1) is 11.8 Å². The zero-order valence-corrected chi connectivity index (χ0v) is 24.8. The van der Waals surface area contributed by atoms with Gasteiger partial charge in [-0.1, -0.05) is 23.8 Å². The third-order valence-corrected chi connectivity index (χ3v) is 11.7. The standard InChI is InChI=1S/C31H37ClN2O6S/c1-19-27(35)7-3-2-5-20-8-9-23(20)16-34-17-31(12-4-6-21-13-25(32)28(36)15-24(21)31)18-40-29-11-10-22(14-26(29)34)30(37)33-41(19,38)39/h2-3,10-11,13-15,19-20,23,27,35-36H,4-9,12,16-18H2,1H3,(H,33,37)/b3-2+/t19-,20+,23+,27-,31+/m1/s1. The zero-order chi connectivity index (χ0) is 28.9. The van der Waals surface area contributed by atoms with Gasteiger partial charge >= 0.3 is 0 Å². The largest absolute Gasteiger partial charge is 0.506 e. The maximum atomic E-state index is 13.2. The topological polar surface area (TPSA) is 116 Å². The monoisotopic (exact) mass is 600 g/mol. The summed E-state index contributed by atoms with van der Waals surface area (Å²) in [5.74, 6) is 0.893. The molecular formula is C31H37ClN2O6S. The SMILES string of the molecule is C[C@@H]1[C@H](O)C/C=C/C[C@H]2CC[C@H]2CN2C[C@@]3(CCCc4cc(Cl)c(O)cc43)COc3ccc(cc32)C(=O)NS1(=O)=O. The number of benzene rings is 2. The number of sulfonamides is 1. The highest BCUT2D eigenvalue weighted by molar-refractivity contribution is 7.90. The highest BCUT2D eigenvalue weighted by Crippen LogP contribution is 2.47. The van der Waals surface area contributed by atoms with Crippen molar-refractivity contribution in [3.63, 3.8) is 0 Å². The van der Waals surface area contributed by atoms with E-state index >= 15 is 0 Å². The second-order valence-corrected chi connectivity index (χ2v) is 14.7. The van der Waals surface area contributed by atoms with Crippen LogP contribution >= 0.6 is 11.6 Å². The van der Waals surface area contributed by atoms with Gasteiger partial charge in [-0.3, -0.25) is 4.79 Å². The number of carbonyl (C=O) groups excluding carboxylic acids is 1. The molecule has 2 aliphatic carbocycles. The van der Waals surface area contributed by atoms with E-state index < -0.39 is 27.3 Å². The average Bonchev–Trinajstić information content (AvgIpc) is 3.08. The Bertz CT molecular complexity index is 1490. The van der Waals surface area contributed by atoms with Gasteiger partial charge in [0.2, 0.25) is 10.0 Å². The number of amides is 1. The third kappa shape index (κ3) is 5.32. The molecule has 1 saturated carbocycles. The molecule has 5 atom stereocenters. The molecule has 2 aliphatic heterocycles. The fourth-order valence-corrected chi connectivity index (χ4v) is 8.20. The normalized spacial score (nSPS) is 32.0. The van der Waals surface area contributed by atoms with Crippen LogP contribution < -0.4 is 14.4 Å². The van der Waals surface area contributed by atoms with Crippen molar-refractivity contribution < 1.29 is 28.2 Å². The number of aliphatic hydroxyl groups excluding tert-OH is 1. The van der Waals surface area contributed by atoms with Gasteiger partial charge in [0.25, 0.3) is 5.91 Å². The molecule has 2 bridgehead atoms. The summed E-state index contributed by atoms with van der Waals surface area (Å²) in [7, 11) is -4.11. The molecule has 10 heteroatoms. The number of phenols is 1. The third-order valence-electron chi connectivity index (χ3n) is 9.68. The van der Waals surface area contributed by atoms with E-state index in [0.717, 1.165) is 61.9 Å². The summed E-state index contributed by atoms with van der Waals surface area (Å²) in [5, 5.41) is 20.3. The van der Waals surface area contributed by atoms with E-state index in [4.69, 9.17) is 16.3 Å². The Morgan fingerprint density at radius 3 is 2.68 bits per heavy atom. The number of carbonyl (C=O) groups is 1. The molecule has 220 valence electrons. The molecule has 1 amide bonds. The van der Waals surface area contributed by atoms with Gasteiger partial charge in [0.15, 0.2) is 0 Å². The molecular weight excluding hydrogens is 564 g/mol. The van der Waals surface area contributed by atoms with Crippen molar-refractivity contribution in [2.45, 2.75) is 68.6 Å². The maximum Gasteiger partial charge on any atom is 0.264 e. The van der Waals surface area contributed by atoms with Crippen molar-refractivity contribution in [3.8, 4) is 11.5 Å². The molecule has 2 aromatic carbocycles. The number of hydrogen-bond donors (Lipinski definition) is 3. The van der Waals surface area contributed by atoms with Gasteiger partial charge in [0.1, 0.15) is 16.7 Å². The first-order chi connectivity index (χ1) is 19.6. The number of ether oxygens (including phenoxy) is 1. The van der Waals surface area contributed by atoms with E-state index in [-0.39, 0.29) is 23.1 Å². The predicted molar refractivity (Wildman–Crippen MR) is 158 cm³/mol. The van der Waals surface area contributed by atoms with E-state index in [2.05, 4.69) is 9.62 Å². The summed E-state index contributed by atoms with van der Waals surface area (Å²) < 4.78 is 34.6. The summed E-state index contributed by atoms with van der Waals surface area (Å²) in [5.41, 5.74) is 2.76. The van der Waals surface area contributed by atoms with Crippen LogP contribution in [0.25, 0.3) is 0 Å². The number of nitrogens with one attached hydrogen (secondary N) is 1. The Balaban J connectivity index is 1.42. The van der Waals surface area contributed by atoms with Gasteiger partial charge in [-0.05, 0) is 105 Å². The maximum absolute atomic E-state index is 13.2. The Morgan fingerprint density at radius 2 is 1.90 bits per heavy atom. The molecule has 0 unspecified atom stereocenters. The van der Waals surface area contributed by atoms with E-state index in [1.807, 2.05) is 18.2 Å². The number of hydrogen-bond acceptors (Lipinski definition) is 7. The minimum atomic E-state index is -4.11. The molecule has 2 heterocycles. The van der Waals surface area contributed by atoms with Gasteiger partial charge in [0, 0.05) is 24.1 Å². The lowest BCUT2D eigenvalue weighted by Gasteiger charge is -2.44. The van der Waals surface area contributed by atoms with E-state index in [1.54, 1.807) is 24.3 Å². The molecule has 8 nitrogen and oxygen atoms in total. The highest BCUT2D eigenvalue weighted by Gasteiger charge is 2.44. The van der Waals surface area contributed by atoms with E-state index in [0.29, 0.717) is 35.8 Å². The number of rotatable bonds is 0. The van der Waals surface area contributed by atoms with Crippen LogP contribution in [-0.4, -0.2) is 55.6 Å². The minimum absolute atomic E-state index is 0.0619. The van der Waals surface area contributed by atoms with Crippen LogP contribution in [0.4, 0.5) is 5.69 Å². The first kappa shape index (κ1) is 28.4. The van der Waals surface area contributed by atoms with Crippen molar-refractivity contribution in [1.82, 2.24) is 4.72 Å². The number of aryl methyl sites for hydroxylation is 1. The van der Waals surface area contributed by atoms with E-state index in [1.165, 1.54) is 6.92 Å². The fraction of sp³-hybridized carbons (Fsp3) is 0.516. The second kappa shape index (κ2) is 10.8. The lowest BCUT2D eigenvalue weighted by molar-refractivity contribution is 0.0980. The summed E-state index contributed by atoms with van der Waals surface area (Å²) in [6.45, 7) is 3.24. The lowest BCUT2D eigenvalue weighted by atomic mass is 9.69. The van der Waals surface area contributed by atoms with Gasteiger partial charge in [0.05, 0.1) is 23.4 Å². The highest BCUT2D eigenvalue weighted by atomic mass is 35.5. The van der Waals surface area contributed by atoms with Crippen LogP contribution in [0.5, 0.6) is 11.5 Å². The number of anilines is 1. The molecule has 0 saturated heterocycles. The first-order valence-electron chi connectivity index (χ1n) is 14.5. The lowest BCUT2D eigenvalue weighted by Crippen LogP contribution is -2.48. The molecule has 0 aromatic heterocycles. The van der Waals surface area contributed by atoms with Crippen LogP contribution in [0.2, 0.25) is 5.02 Å². The number of nitrogens with zero attached hydrogens (tertiary/aromatic N) is 1. The molecule has 41 heavy (non-hydrogen) atoms. The zero-order valence-electron chi connectivity index (χ0n) is 23.2. The van der Waals surface area contributed by atoms with Crippen molar-refractivity contribution >= 4 is 33.2 Å².